The number of halogens is 1. The van der Waals surface area contributed by atoms with E-state index in [9.17, 15) is 0 Å². The lowest BCUT2D eigenvalue weighted by atomic mass is 10.1. The largest absolute Gasteiger partial charge is 0.377 e. The van der Waals surface area contributed by atoms with Gasteiger partial charge in [-0.2, -0.15) is 0 Å². The molecule has 1 unspecified atom stereocenters. The van der Waals surface area contributed by atoms with Gasteiger partial charge in [-0.3, -0.25) is 0 Å². The lowest BCUT2D eigenvalue weighted by molar-refractivity contribution is 0.0525. The van der Waals surface area contributed by atoms with Gasteiger partial charge in [0.2, 0.25) is 0 Å². The SMILES string of the molecule is CCOC1CCCN(c2nc(Br)cn3ccnc23)C1. The Morgan fingerprint density at radius 2 is 2.42 bits per heavy atom. The summed E-state index contributed by atoms with van der Waals surface area (Å²) in [6, 6.07) is 0. The monoisotopic (exact) mass is 324 g/mol. The van der Waals surface area contributed by atoms with Gasteiger partial charge in [0, 0.05) is 38.3 Å². The highest BCUT2D eigenvalue weighted by atomic mass is 79.9. The molecule has 1 saturated heterocycles. The Hall–Kier alpha value is -1.14. The minimum Gasteiger partial charge on any atom is -0.377 e. The third-order valence-corrected chi connectivity index (χ3v) is 3.79. The zero-order valence-electron chi connectivity index (χ0n) is 10.9. The van der Waals surface area contributed by atoms with Crippen LogP contribution in [0.4, 0.5) is 5.82 Å². The van der Waals surface area contributed by atoms with Crippen LogP contribution in [0.1, 0.15) is 19.8 Å². The highest BCUT2D eigenvalue weighted by Gasteiger charge is 2.23. The van der Waals surface area contributed by atoms with Crippen molar-refractivity contribution in [3.63, 3.8) is 0 Å². The van der Waals surface area contributed by atoms with Crippen LogP contribution in [-0.4, -0.2) is 40.2 Å². The first-order chi connectivity index (χ1) is 9.28. The Kier molecular flexibility index (Phi) is 3.70. The second-order valence-electron chi connectivity index (χ2n) is 4.71. The smallest absolute Gasteiger partial charge is 0.180 e. The maximum atomic E-state index is 5.75. The van der Waals surface area contributed by atoms with Crippen LogP contribution in [0.25, 0.3) is 5.65 Å². The topological polar surface area (TPSA) is 42.7 Å². The molecule has 2 aromatic heterocycles. The molecule has 5 nitrogen and oxygen atoms in total. The van der Waals surface area contributed by atoms with Gasteiger partial charge in [-0.25, -0.2) is 9.97 Å². The van der Waals surface area contributed by atoms with Crippen LogP contribution in [0.5, 0.6) is 0 Å². The molecule has 2 aromatic rings. The first kappa shape index (κ1) is 12.9. The molecular formula is C13H17BrN4O. The number of nitrogens with zero attached hydrogens (tertiary/aromatic N) is 4. The van der Waals surface area contributed by atoms with Crippen LogP contribution in [0, 0.1) is 0 Å². The second-order valence-corrected chi connectivity index (χ2v) is 5.52. The number of ether oxygens (including phenoxy) is 1. The van der Waals surface area contributed by atoms with Gasteiger partial charge < -0.3 is 14.0 Å². The van der Waals surface area contributed by atoms with E-state index >= 15 is 0 Å². The number of aromatic nitrogens is 3. The van der Waals surface area contributed by atoms with Gasteiger partial charge in [0.05, 0.1) is 6.10 Å². The van der Waals surface area contributed by atoms with Crippen LogP contribution in [-0.2, 0) is 4.74 Å². The Labute approximate surface area is 120 Å². The number of imidazole rings is 1. The van der Waals surface area contributed by atoms with Crippen LogP contribution < -0.4 is 4.90 Å². The summed E-state index contributed by atoms with van der Waals surface area (Å²) in [5, 5.41) is 0. The molecule has 6 heteroatoms. The summed E-state index contributed by atoms with van der Waals surface area (Å²) >= 11 is 3.46. The van der Waals surface area contributed by atoms with Crippen molar-refractivity contribution in [2.75, 3.05) is 24.6 Å². The van der Waals surface area contributed by atoms with E-state index in [0.717, 1.165) is 48.6 Å². The highest BCUT2D eigenvalue weighted by Crippen LogP contribution is 2.25. The number of fused-ring (bicyclic) bond motifs is 1. The van der Waals surface area contributed by atoms with Gasteiger partial charge in [0.1, 0.15) is 4.60 Å². The van der Waals surface area contributed by atoms with Crippen molar-refractivity contribution in [1.82, 2.24) is 14.4 Å². The summed E-state index contributed by atoms with van der Waals surface area (Å²) in [7, 11) is 0. The molecule has 0 amide bonds. The van der Waals surface area contributed by atoms with E-state index in [1.807, 2.05) is 23.7 Å². The van der Waals surface area contributed by atoms with E-state index in [0.29, 0.717) is 6.10 Å². The van der Waals surface area contributed by atoms with Crippen molar-refractivity contribution in [1.29, 1.82) is 0 Å². The van der Waals surface area contributed by atoms with E-state index in [4.69, 9.17) is 4.74 Å². The quantitative estimate of drug-likeness (QED) is 0.870. The summed E-state index contributed by atoms with van der Waals surface area (Å²) in [4.78, 5) is 11.3. The molecule has 1 atom stereocenters. The maximum absolute atomic E-state index is 5.75. The molecular weight excluding hydrogens is 308 g/mol. The summed E-state index contributed by atoms with van der Waals surface area (Å²) in [5.74, 6) is 0.934. The van der Waals surface area contributed by atoms with Crippen LogP contribution in [0.2, 0.25) is 0 Å². The van der Waals surface area contributed by atoms with Crippen LogP contribution in [0.3, 0.4) is 0 Å². The van der Waals surface area contributed by atoms with Crippen molar-refractivity contribution < 1.29 is 4.74 Å². The molecule has 0 spiro atoms. The highest BCUT2D eigenvalue weighted by molar-refractivity contribution is 9.10. The molecule has 0 radical (unpaired) electrons. The van der Waals surface area contributed by atoms with Gasteiger partial charge in [-0.1, -0.05) is 0 Å². The van der Waals surface area contributed by atoms with Gasteiger partial charge >= 0.3 is 0 Å². The molecule has 1 aliphatic rings. The van der Waals surface area contributed by atoms with E-state index < -0.39 is 0 Å². The third-order valence-electron chi connectivity index (χ3n) is 3.41. The normalized spacial score (nSPS) is 20.1. The standard InChI is InChI=1S/C13H17BrN4O/c1-2-19-10-4-3-6-17(8-10)13-12-15-5-7-18(12)9-11(14)16-13/h5,7,9-10H,2-4,6,8H2,1H3. The number of piperidine rings is 1. The minimum absolute atomic E-state index is 0.301. The van der Waals surface area contributed by atoms with E-state index in [1.165, 1.54) is 0 Å². The molecule has 0 aromatic carbocycles. The van der Waals surface area contributed by atoms with Crippen molar-refractivity contribution in [3.05, 3.63) is 23.2 Å². The lowest BCUT2D eigenvalue weighted by Gasteiger charge is -2.33. The molecule has 102 valence electrons. The maximum Gasteiger partial charge on any atom is 0.180 e. The first-order valence-electron chi connectivity index (χ1n) is 6.63. The number of hydrogen-bond donors (Lipinski definition) is 0. The number of anilines is 1. The summed E-state index contributed by atoms with van der Waals surface area (Å²) in [5.41, 5.74) is 0.903. The summed E-state index contributed by atoms with van der Waals surface area (Å²) < 4.78 is 8.57. The predicted octanol–water partition coefficient (Wildman–Crippen LogP) is 2.50. The van der Waals surface area contributed by atoms with Crippen molar-refractivity contribution in [2.24, 2.45) is 0 Å². The van der Waals surface area contributed by atoms with Crippen LogP contribution in [0.15, 0.2) is 23.2 Å². The van der Waals surface area contributed by atoms with Gasteiger partial charge in [0.15, 0.2) is 11.5 Å². The van der Waals surface area contributed by atoms with Crippen molar-refractivity contribution in [3.8, 4) is 0 Å². The Morgan fingerprint density at radius 1 is 1.53 bits per heavy atom. The second kappa shape index (κ2) is 5.46. The fraction of sp³-hybridized carbons (Fsp3) is 0.538. The van der Waals surface area contributed by atoms with Gasteiger partial charge in [-0.15, -0.1) is 0 Å². The zero-order valence-corrected chi connectivity index (χ0v) is 12.5. The molecule has 0 saturated carbocycles. The minimum atomic E-state index is 0.301. The number of rotatable bonds is 3. The van der Waals surface area contributed by atoms with Gasteiger partial charge in [0.25, 0.3) is 0 Å². The Bertz CT molecular complexity index is 569. The summed E-state index contributed by atoms with van der Waals surface area (Å²) in [6.45, 7) is 4.71. The fourth-order valence-electron chi connectivity index (χ4n) is 2.60. The predicted molar refractivity (Wildman–Crippen MR) is 77.5 cm³/mol. The fourth-order valence-corrected chi connectivity index (χ4v) is 2.99. The summed E-state index contributed by atoms with van der Waals surface area (Å²) in [6.07, 6.45) is 8.23. The molecule has 1 fully saturated rings. The average Bonchev–Trinajstić information content (AvgIpc) is 2.86. The van der Waals surface area contributed by atoms with E-state index in [2.05, 4.69) is 30.8 Å². The molecule has 19 heavy (non-hydrogen) atoms. The van der Waals surface area contributed by atoms with Crippen molar-refractivity contribution >= 4 is 27.4 Å². The van der Waals surface area contributed by atoms with E-state index in [1.54, 1.807) is 6.20 Å². The zero-order chi connectivity index (χ0) is 13.2. The third kappa shape index (κ3) is 2.60. The van der Waals surface area contributed by atoms with Crippen molar-refractivity contribution in [2.45, 2.75) is 25.9 Å². The van der Waals surface area contributed by atoms with E-state index in [-0.39, 0.29) is 0 Å². The molecule has 0 aliphatic carbocycles. The number of hydrogen-bond acceptors (Lipinski definition) is 4. The molecule has 3 heterocycles. The lowest BCUT2D eigenvalue weighted by Crippen LogP contribution is -2.40. The average molecular weight is 325 g/mol. The van der Waals surface area contributed by atoms with Crippen LogP contribution >= 0.6 is 15.9 Å². The molecule has 1 aliphatic heterocycles. The molecule has 0 N–H and O–H groups in total. The molecule has 0 bridgehead atoms. The molecule has 3 rings (SSSR count). The Morgan fingerprint density at radius 3 is 3.26 bits per heavy atom. The van der Waals surface area contributed by atoms with Gasteiger partial charge in [-0.05, 0) is 35.7 Å². The Balaban J connectivity index is 1.92. The first-order valence-corrected chi connectivity index (χ1v) is 7.43.